The number of sulfone groups is 1. The third-order valence-corrected chi connectivity index (χ3v) is 6.14. The van der Waals surface area contributed by atoms with Crippen LogP contribution in [-0.2, 0) is 9.84 Å². The molecule has 6 nitrogen and oxygen atoms in total. The van der Waals surface area contributed by atoms with Crippen molar-refractivity contribution in [3.8, 4) is 11.4 Å². The Balaban J connectivity index is 2.04. The van der Waals surface area contributed by atoms with Crippen LogP contribution in [0.15, 0.2) is 58.5 Å². The molecule has 1 heterocycles. The molecule has 0 atom stereocenters. The van der Waals surface area contributed by atoms with Gasteiger partial charge < -0.3 is 4.74 Å². The van der Waals surface area contributed by atoms with Gasteiger partial charge >= 0.3 is 0 Å². The van der Waals surface area contributed by atoms with E-state index < -0.39 is 9.84 Å². The summed E-state index contributed by atoms with van der Waals surface area (Å²) in [5.41, 5.74) is 2.18. The zero-order valence-electron chi connectivity index (χ0n) is 15.9. The fourth-order valence-electron chi connectivity index (χ4n) is 2.85. The molecule has 0 saturated heterocycles. The topological polar surface area (TPSA) is 74.1 Å². The lowest BCUT2D eigenvalue weighted by molar-refractivity contribution is 0.338. The number of benzene rings is 2. The summed E-state index contributed by atoms with van der Waals surface area (Å²) in [6.45, 7) is 8.21. The van der Waals surface area contributed by atoms with Crippen LogP contribution < -0.4 is 4.74 Å². The van der Waals surface area contributed by atoms with Crippen molar-refractivity contribution in [2.75, 3.05) is 6.61 Å². The van der Waals surface area contributed by atoms with E-state index in [4.69, 9.17) is 4.74 Å². The second-order valence-electron chi connectivity index (χ2n) is 6.52. The summed E-state index contributed by atoms with van der Waals surface area (Å²) in [5, 5.41) is 7.99. The minimum atomic E-state index is -3.76. The maximum Gasteiger partial charge on any atom is 0.227 e. The van der Waals surface area contributed by atoms with E-state index in [1.54, 1.807) is 19.1 Å². The number of hydrogen-bond acceptors (Lipinski definition) is 5. The molecule has 0 radical (unpaired) electrons. The Kier molecular flexibility index (Phi) is 5.32. The number of ether oxygens (including phenoxy) is 1. The maximum atomic E-state index is 13.0. The van der Waals surface area contributed by atoms with Crippen molar-refractivity contribution in [2.24, 2.45) is 0 Å². The molecule has 3 rings (SSSR count). The first-order chi connectivity index (χ1) is 12.9. The lowest BCUT2D eigenvalue weighted by atomic mass is 10.0. The van der Waals surface area contributed by atoms with Gasteiger partial charge in [0.1, 0.15) is 11.4 Å². The molecule has 27 heavy (non-hydrogen) atoms. The Morgan fingerprint density at radius 1 is 1.07 bits per heavy atom. The Labute approximate surface area is 159 Å². The second kappa shape index (κ2) is 7.52. The van der Waals surface area contributed by atoms with Gasteiger partial charge in [-0.25, -0.2) is 13.1 Å². The van der Waals surface area contributed by atoms with Crippen LogP contribution in [-0.4, -0.2) is 30.0 Å². The average Bonchev–Trinajstić information content (AvgIpc) is 3.04. The Morgan fingerprint density at radius 3 is 2.37 bits per heavy atom. The van der Waals surface area contributed by atoms with E-state index >= 15 is 0 Å². The van der Waals surface area contributed by atoms with E-state index in [9.17, 15) is 8.42 Å². The number of para-hydroxylation sites is 2. The number of hydrogen-bond donors (Lipinski definition) is 0. The van der Waals surface area contributed by atoms with E-state index in [1.165, 1.54) is 4.68 Å². The lowest BCUT2D eigenvalue weighted by Crippen LogP contribution is -2.07. The first kappa shape index (κ1) is 19.1. The Morgan fingerprint density at radius 2 is 1.74 bits per heavy atom. The highest BCUT2D eigenvalue weighted by Crippen LogP contribution is 2.28. The lowest BCUT2D eigenvalue weighted by Gasteiger charge is -2.11. The van der Waals surface area contributed by atoms with E-state index in [-0.39, 0.29) is 9.92 Å². The van der Waals surface area contributed by atoms with Crippen LogP contribution in [0, 0.1) is 6.92 Å². The minimum Gasteiger partial charge on any atom is -0.492 e. The summed E-state index contributed by atoms with van der Waals surface area (Å²) in [7, 11) is -3.76. The highest BCUT2D eigenvalue weighted by atomic mass is 32.2. The molecular weight excluding hydrogens is 362 g/mol. The van der Waals surface area contributed by atoms with Crippen LogP contribution in [0.1, 0.15) is 37.9 Å². The van der Waals surface area contributed by atoms with Crippen molar-refractivity contribution in [1.82, 2.24) is 15.0 Å². The van der Waals surface area contributed by atoms with E-state index in [1.807, 2.05) is 43.3 Å². The summed E-state index contributed by atoms with van der Waals surface area (Å²) in [6.07, 6.45) is 0. The molecule has 0 fully saturated rings. The molecule has 7 heteroatoms. The van der Waals surface area contributed by atoms with Crippen LogP contribution >= 0.6 is 0 Å². The molecule has 2 aromatic carbocycles. The molecule has 0 bridgehead atoms. The van der Waals surface area contributed by atoms with Gasteiger partial charge in [-0.3, -0.25) is 0 Å². The third-order valence-electron chi connectivity index (χ3n) is 4.36. The summed E-state index contributed by atoms with van der Waals surface area (Å²) < 4.78 is 33.2. The molecule has 0 aliphatic rings. The molecule has 0 amide bonds. The normalized spacial score (nSPS) is 11.7. The molecule has 0 N–H and O–H groups in total. The molecule has 0 saturated carbocycles. The monoisotopic (exact) mass is 385 g/mol. The van der Waals surface area contributed by atoms with Crippen LogP contribution in [0.2, 0.25) is 0 Å². The van der Waals surface area contributed by atoms with Crippen LogP contribution in [0.25, 0.3) is 5.69 Å². The third kappa shape index (κ3) is 3.60. The summed E-state index contributed by atoms with van der Waals surface area (Å²) >= 11 is 0. The van der Waals surface area contributed by atoms with Crippen molar-refractivity contribution in [1.29, 1.82) is 0 Å². The fourth-order valence-corrected chi connectivity index (χ4v) is 4.18. The molecule has 0 aliphatic carbocycles. The average molecular weight is 385 g/mol. The van der Waals surface area contributed by atoms with E-state index in [0.717, 1.165) is 5.56 Å². The van der Waals surface area contributed by atoms with Gasteiger partial charge in [0.25, 0.3) is 0 Å². The summed E-state index contributed by atoms with van der Waals surface area (Å²) in [6, 6.07) is 14.3. The second-order valence-corrected chi connectivity index (χ2v) is 8.38. The predicted octanol–water partition coefficient (Wildman–Crippen LogP) is 3.93. The van der Waals surface area contributed by atoms with Gasteiger partial charge in [0.05, 0.1) is 17.2 Å². The van der Waals surface area contributed by atoms with Gasteiger partial charge in [0, 0.05) is 0 Å². The molecule has 0 aliphatic heterocycles. The molecule has 0 unspecified atom stereocenters. The van der Waals surface area contributed by atoms with Crippen molar-refractivity contribution in [2.45, 2.75) is 43.5 Å². The maximum absolute atomic E-state index is 13.0. The molecule has 3 aromatic rings. The Hall–Kier alpha value is -2.67. The van der Waals surface area contributed by atoms with Crippen molar-refractivity contribution in [3.05, 3.63) is 59.8 Å². The number of nitrogens with zero attached hydrogens (tertiary/aromatic N) is 3. The van der Waals surface area contributed by atoms with Crippen molar-refractivity contribution < 1.29 is 13.2 Å². The van der Waals surface area contributed by atoms with Gasteiger partial charge in [-0.05, 0) is 49.6 Å². The number of aromatic nitrogens is 3. The van der Waals surface area contributed by atoms with Crippen molar-refractivity contribution in [3.63, 3.8) is 0 Å². The smallest absolute Gasteiger partial charge is 0.227 e. The van der Waals surface area contributed by atoms with Gasteiger partial charge in [-0.2, -0.15) is 0 Å². The largest absolute Gasteiger partial charge is 0.492 e. The van der Waals surface area contributed by atoms with Gasteiger partial charge in [-0.15, -0.1) is 5.10 Å². The molecule has 142 valence electrons. The molecule has 1 aromatic heterocycles. The highest BCUT2D eigenvalue weighted by Gasteiger charge is 2.26. The van der Waals surface area contributed by atoms with Gasteiger partial charge in [-0.1, -0.05) is 43.3 Å². The van der Waals surface area contributed by atoms with E-state index in [0.29, 0.717) is 29.7 Å². The van der Waals surface area contributed by atoms with Gasteiger partial charge in [0.15, 0.2) is 0 Å². The zero-order valence-corrected chi connectivity index (χ0v) is 16.7. The van der Waals surface area contributed by atoms with Crippen LogP contribution in [0.3, 0.4) is 0 Å². The van der Waals surface area contributed by atoms with Crippen molar-refractivity contribution >= 4 is 9.84 Å². The summed E-state index contributed by atoms with van der Waals surface area (Å²) in [4.78, 5) is 0.208. The number of rotatable bonds is 6. The summed E-state index contributed by atoms with van der Waals surface area (Å²) in [5.74, 6) is 0.956. The highest BCUT2D eigenvalue weighted by molar-refractivity contribution is 7.91. The van der Waals surface area contributed by atoms with Crippen LogP contribution in [0.4, 0.5) is 0 Å². The van der Waals surface area contributed by atoms with Crippen LogP contribution in [0.5, 0.6) is 5.75 Å². The standard InChI is InChI=1S/C20H23N3O3S/c1-5-26-19-9-7-6-8-18(19)23-15(4)20(21-22-23)27(24,25)17-12-10-16(11-13-17)14(2)3/h6-14H,5H2,1-4H3. The molecular formula is C20H23N3O3S. The quantitative estimate of drug-likeness (QED) is 0.643. The first-order valence-electron chi connectivity index (χ1n) is 8.85. The fraction of sp³-hybridized carbons (Fsp3) is 0.300. The molecule has 0 spiro atoms. The SMILES string of the molecule is CCOc1ccccc1-n1nnc(S(=O)(=O)c2ccc(C(C)C)cc2)c1C. The predicted molar refractivity (Wildman–Crippen MR) is 103 cm³/mol. The van der Waals surface area contributed by atoms with Gasteiger partial charge in [0.2, 0.25) is 14.9 Å². The Bertz CT molecular complexity index is 1040. The zero-order chi connectivity index (χ0) is 19.6. The minimum absolute atomic E-state index is 0.0499. The first-order valence-corrected chi connectivity index (χ1v) is 10.3. The van der Waals surface area contributed by atoms with E-state index in [2.05, 4.69) is 24.2 Å².